The highest BCUT2D eigenvalue weighted by Crippen LogP contribution is 2.13. The van der Waals surface area contributed by atoms with E-state index in [4.69, 9.17) is 0 Å². The van der Waals surface area contributed by atoms with Crippen molar-refractivity contribution in [1.29, 1.82) is 0 Å². The Balaban J connectivity index is 2.53. The monoisotopic (exact) mass is 221 g/mol. The molecule has 1 unspecified atom stereocenters. The molecule has 0 spiro atoms. The number of aromatic nitrogens is 1. The van der Waals surface area contributed by atoms with Crippen molar-refractivity contribution in [3.8, 4) is 0 Å². The molecule has 3 nitrogen and oxygen atoms in total. The van der Waals surface area contributed by atoms with E-state index in [2.05, 4.69) is 35.1 Å². The highest BCUT2D eigenvalue weighted by Gasteiger charge is 2.05. The first-order valence-electron chi connectivity index (χ1n) is 5.97. The van der Waals surface area contributed by atoms with Crippen molar-refractivity contribution in [3.63, 3.8) is 0 Å². The molecule has 1 atom stereocenters. The van der Waals surface area contributed by atoms with E-state index >= 15 is 0 Å². The van der Waals surface area contributed by atoms with Gasteiger partial charge in [0.15, 0.2) is 0 Å². The normalized spacial score (nSPS) is 12.5. The largest absolute Gasteiger partial charge is 0.362 e. The fourth-order valence-corrected chi connectivity index (χ4v) is 1.57. The van der Waals surface area contributed by atoms with Crippen LogP contribution in [0.2, 0.25) is 0 Å². The number of hydrogen-bond acceptors (Lipinski definition) is 3. The van der Waals surface area contributed by atoms with E-state index in [9.17, 15) is 0 Å². The van der Waals surface area contributed by atoms with Gasteiger partial charge in [0.2, 0.25) is 0 Å². The number of anilines is 1. The van der Waals surface area contributed by atoms with Gasteiger partial charge in [-0.1, -0.05) is 26.3 Å². The quantitative estimate of drug-likeness (QED) is 0.799. The summed E-state index contributed by atoms with van der Waals surface area (Å²) in [4.78, 5) is 6.44. The van der Waals surface area contributed by atoms with Gasteiger partial charge in [0.25, 0.3) is 0 Å². The van der Waals surface area contributed by atoms with E-state index in [-0.39, 0.29) is 0 Å². The molecule has 0 fully saturated rings. The van der Waals surface area contributed by atoms with Crippen LogP contribution in [-0.2, 0) is 6.54 Å². The molecule has 0 saturated carbocycles. The van der Waals surface area contributed by atoms with Crippen LogP contribution in [0.15, 0.2) is 18.3 Å². The van der Waals surface area contributed by atoms with E-state index < -0.39 is 0 Å². The summed E-state index contributed by atoms with van der Waals surface area (Å²) in [6, 6.07) is 4.12. The number of pyridine rings is 1. The number of nitrogens with one attached hydrogen (secondary N) is 1. The first kappa shape index (κ1) is 13.0. The lowest BCUT2D eigenvalue weighted by atomic mass is 10.1. The summed E-state index contributed by atoms with van der Waals surface area (Å²) >= 11 is 0. The van der Waals surface area contributed by atoms with Crippen molar-refractivity contribution >= 4 is 5.82 Å². The molecule has 0 amide bonds. The Morgan fingerprint density at radius 1 is 1.44 bits per heavy atom. The Hall–Kier alpha value is -1.09. The summed E-state index contributed by atoms with van der Waals surface area (Å²) in [5.74, 6) is 1.79. The van der Waals surface area contributed by atoms with Crippen molar-refractivity contribution in [2.45, 2.75) is 26.8 Å². The topological polar surface area (TPSA) is 28.2 Å². The van der Waals surface area contributed by atoms with Crippen LogP contribution in [0.25, 0.3) is 0 Å². The average Bonchev–Trinajstić information content (AvgIpc) is 2.29. The maximum Gasteiger partial charge on any atom is 0.132 e. The molecular weight excluding hydrogens is 198 g/mol. The molecule has 1 N–H and O–H groups in total. The zero-order valence-corrected chi connectivity index (χ0v) is 10.8. The first-order chi connectivity index (χ1) is 7.65. The van der Waals surface area contributed by atoms with Crippen LogP contribution in [0.3, 0.4) is 0 Å². The van der Waals surface area contributed by atoms with Crippen molar-refractivity contribution in [2.24, 2.45) is 5.92 Å². The first-order valence-corrected chi connectivity index (χ1v) is 5.97. The standard InChI is InChI=1S/C13H23N3/c1-5-11(2)9-14-10-12-7-6-8-15-13(12)16(3)4/h6-8,11,14H,5,9-10H2,1-4H3. The lowest BCUT2D eigenvalue weighted by molar-refractivity contribution is 0.499. The van der Waals surface area contributed by atoms with Gasteiger partial charge >= 0.3 is 0 Å². The van der Waals surface area contributed by atoms with Gasteiger partial charge < -0.3 is 10.2 Å². The Kier molecular flexibility index (Phi) is 5.26. The fraction of sp³-hybridized carbons (Fsp3) is 0.615. The van der Waals surface area contributed by atoms with Crippen LogP contribution in [0.4, 0.5) is 5.82 Å². The molecule has 0 aliphatic carbocycles. The molecule has 1 aromatic heterocycles. The molecular formula is C13H23N3. The van der Waals surface area contributed by atoms with Crippen molar-refractivity contribution in [1.82, 2.24) is 10.3 Å². The summed E-state index contributed by atoms with van der Waals surface area (Å²) in [5.41, 5.74) is 1.26. The number of rotatable bonds is 6. The minimum atomic E-state index is 0.736. The Bertz CT molecular complexity index is 310. The van der Waals surface area contributed by atoms with Crippen molar-refractivity contribution < 1.29 is 0 Å². The minimum absolute atomic E-state index is 0.736. The third kappa shape index (κ3) is 3.81. The summed E-state index contributed by atoms with van der Waals surface area (Å²) in [6.07, 6.45) is 3.06. The number of hydrogen-bond donors (Lipinski definition) is 1. The van der Waals surface area contributed by atoms with Gasteiger partial charge in [-0.2, -0.15) is 0 Å². The third-order valence-corrected chi connectivity index (χ3v) is 2.80. The highest BCUT2D eigenvalue weighted by atomic mass is 15.1. The molecule has 1 aromatic rings. The number of nitrogens with zero attached hydrogens (tertiary/aromatic N) is 2. The fourth-order valence-electron chi connectivity index (χ4n) is 1.57. The minimum Gasteiger partial charge on any atom is -0.362 e. The van der Waals surface area contributed by atoms with Crippen molar-refractivity contribution in [2.75, 3.05) is 25.5 Å². The van der Waals surface area contributed by atoms with E-state index in [1.165, 1.54) is 12.0 Å². The molecule has 3 heteroatoms. The van der Waals surface area contributed by atoms with Crippen LogP contribution in [0.5, 0.6) is 0 Å². The third-order valence-electron chi connectivity index (χ3n) is 2.80. The maximum absolute atomic E-state index is 4.38. The molecule has 1 heterocycles. The van der Waals surface area contributed by atoms with Gasteiger partial charge in [0.1, 0.15) is 5.82 Å². The molecule has 0 aromatic carbocycles. The maximum atomic E-state index is 4.38. The van der Waals surface area contributed by atoms with E-state index in [1.807, 2.05) is 26.4 Å². The SMILES string of the molecule is CCC(C)CNCc1cccnc1N(C)C. The predicted molar refractivity (Wildman–Crippen MR) is 69.7 cm³/mol. The van der Waals surface area contributed by atoms with Gasteiger partial charge in [0.05, 0.1) is 0 Å². The molecule has 1 rings (SSSR count). The smallest absolute Gasteiger partial charge is 0.132 e. The van der Waals surface area contributed by atoms with Crippen LogP contribution >= 0.6 is 0 Å². The van der Waals surface area contributed by atoms with Gasteiger partial charge in [-0.25, -0.2) is 4.98 Å². The second-order valence-electron chi connectivity index (χ2n) is 4.52. The Morgan fingerprint density at radius 2 is 2.19 bits per heavy atom. The Morgan fingerprint density at radius 3 is 2.81 bits per heavy atom. The highest BCUT2D eigenvalue weighted by molar-refractivity contribution is 5.44. The second kappa shape index (κ2) is 6.48. The van der Waals surface area contributed by atoms with Crippen LogP contribution < -0.4 is 10.2 Å². The zero-order chi connectivity index (χ0) is 12.0. The summed E-state index contributed by atoms with van der Waals surface area (Å²) in [5, 5.41) is 3.48. The van der Waals surface area contributed by atoms with Gasteiger partial charge in [-0.05, 0) is 18.5 Å². The van der Waals surface area contributed by atoms with Crippen LogP contribution in [0.1, 0.15) is 25.8 Å². The van der Waals surface area contributed by atoms with Crippen LogP contribution in [-0.4, -0.2) is 25.6 Å². The van der Waals surface area contributed by atoms with E-state index in [0.29, 0.717) is 0 Å². The van der Waals surface area contributed by atoms with Gasteiger partial charge in [0, 0.05) is 32.4 Å². The summed E-state index contributed by atoms with van der Waals surface area (Å²) in [6.45, 7) is 6.45. The molecule has 0 aliphatic rings. The lowest BCUT2D eigenvalue weighted by Gasteiger charge is -2.17. The Labute approximate surface area is 98.9 Å². The lowest BCUT2D eigenvalue weighted by Crippen LogP contribution is -2.22. The zero-order valence-electron chi connectivity index (χ0n) is 10.8. The van der Waals surface area contributed by atoms with Gasteiger partial charge in [-0.3, -0.25) is 0 Å². The van der Waals surface area contributed by atoms with E-state index in [0.717, 1.165) is 24.8 Å². The molecule has 16 heavy (non-hydrogen) atoms. The van der Waals surface area contributed by atoms with Crippen LogP contribution in [0, 0.1) is 5.92 Å². The summed E-state index contributed by atoms with van der Waals surface area (Å²) < 4.78 is 0. The second-order valence-corrected chi connectivity index (χ2v) is 4.52. The molecule has 0 radical (unpaired) electrons. The predicted octanol–water partition coefficient (Wildman–Crippen LogP) is 2.28. The molecule has 0 saturated heterocycles. The van der Waals surface area contributed by atoms with Crippen molar-refractivity contribution in [3.05, 3.63) is 23.9 Å². The van der Waals surface area contributed by atoms with Gasteiger partial charge in [-0.15, -0.1) is 0 Å². The summed E-state index contributed by atoms with van der Waals surface area (Å²) in [7, 11) is 4.06. The van der Waals surface area contributed by atoms with E-state index in [1.54, 1.807) is 0 Å². The molecule has 0 bridgehead atoms. The average molecular weight is 221 g/mol. The molecule has 0 aliphatic heterocycles. The molecule has 90 valence electrons.